The van der Waals surface area contributed by atoms with Crippen LogP contribution >= 0.6 is 11.6 Å². The zero-order chi connectivity index (χ0) is 24.0. The average Bonchev–Trinajstić information content (AvgIpc) is 2.81. The summed E-state index contributed by atoms with van der Waals surface area (Å²) in [7, 11) is 1.00. The van der Waals surface area contributed by atoms with E-state index in [2.05, 4.69) is 0 Å². The van der Waals surface area contributed by atoms with Crippen LogP contribution in [0.15, 0.2) is 36.4 Å². The lowest BCUT2D eigenvalue weighted by Gasteiger charge is -2.43. The second-order valence-corrected chi connectivity index (χ2v) is 7.60. The Morgan fingerprint density at radius 3 is 2.10 bits per heavy atom. The molecule has 0 saturated heterocycles. The van der Waals surface area contributed by atoms with Crippen LogP contribution in [0.3, 0.4) is 0 Å². The number of fused-ring (bicyclic) bond motifs is 1. The molecule has 31 heavy (non-hydrogen) atoms. The minimum Gasteiger partial charge on any atom is -0.490 e. The lowest BCUT2D eigenvalue weighted by Crippen LogP contribution is -2.45. The van der Waals surface area contributed by atoms with E-state index < -0.39 is 17.0 Å². The molecule has 3 nitrogen and oxygen atoms in total. The first-order valence-electron chi connectivity index (χ1n) is 10.7. The molecule has 2 unspecified atom stereocenters. The van der Waals surface area contributed by atoms with Gasteiger partial charge in [-0.15, -0.1) is 0 Å². The maximum atomic E-state index is 14.2. The van der Waals surface area contributed by atoms with Crippen LogP contribution in [0.2, 0.25) is 5.02 Å². The summed E-state index contributed by atoms with van der Waals surface area (Å²) in [5.41, 5.74) is 0.715. The normalized spacial score (nSPS) is 18.6. The number of aliphatic hydroxyl groups excluding tert-OH is 2. The molecule has 1 aliphatic heterocycles. The van der Waals surface area contributed by atoms with Crippen molar-refractivity contribution >= 4 is 11.6 Å². The first-order chi connectivity index (χ1) is 14.9. The van der Waals surface area contributed by atoms with Crippen LogP contribution in [0.5, 0.6) is 5.75 Å². The molecule has 0 aliphatic carbocycles. The van der Waals surface area contributed by atoms with Crippen molar-refractivity contribution in [2.24, 2.45) is 5.92 Å². The SMILES string of the molecule is CC.CCCCC1(CO)c2c(F)ccc(F)c2OCC1C.CO.Cc1ccc(Cl)cc1. The third-order valence-electron chi connectivity index (χ3n) is 5.25. The number of rotatable bonds is 4. The standard InChI is InChI=1S/C15H20F2O2.C7H7Cl.C2H6.CH4O/c1-3-4-7-15(9-18)10(2)8-19-14-12(17)6-5-11(16)13(14)15;1-6-2-4-7(8)5-3-6;2*1-2/h5-6,10,18H,3-4,7-9H2,1-2H3;2-5H,1H3;1-2H3;2H,1H3. The van der Waals surface area contributed by atoms with Crippen molar-refractivity contribution < 1.29 is 23.7 Å². The van der Waals surface area contributed by atoms with E-state index in [1.165, 1.54) is 5.56 Å². The van der Waals surface area contributed by atoms with Gasteiger partial charge in [0.05, 0.1) is 13.2 Å². The number of ether oxygens (including phenoxy) is 1. The fourth-order valence-electron chi connectivity index (χ4n) is 3.46. The first kappa shape index (κ1) is 29.3. The molecule has 0 amide bonds. The van der Waals surface area contributed by atoms with E-state index in [1.54, 1.807) is 0 Å². The Bertz CT molecular complexity index is 732. The van der Waals surface area contributed by atoms with Gasteiger partial charge in [0.25, 0.3) is 0 Å². The molecule has 2 aromatic rings. The van der Waals surface area contributed by atoms with Crippen LogP contribution < -0.4 is 4.74 Å². The van der Waals surface area contributed by atoms with Crippen LogP contribution in [0, 0.1) is 24.5 Å². The number of halogens is 3. The molecule has 3 rings (SSSR count). The molecule has 0 bridgehead atoms. The monoisotopic (exact) mass is 458 g/mol. The van der Waals surface area contributed by atoms with Gasteiger partial charge < -0.3 is 14.9 Å². The van der Waals surface area contributed by atoms with Gasteiger partial charge in [-0.3, -0.25) is 0 Å². The Balaban J connectivity index is 0.000000625. The molecule has 6 heteroatoms. The summed E-state index contributed by atoms with van der Waals surface area (Å²) in [4.78, 5) is 0. The van der Waals surface area contributed by atoms with E-state index in [0.717, 1.165) is 37.1 Å². The van der Waals surface area contributed by atoms with E-state index in [0.29, 0.717) is 13.0 Å². The van der Waals surface area contributed by atoms with Crippen LogP contribution in [0.1, 0.15) is 58.1 Å². The van der Waals surface area contributed by atoms with Crippen LogP contribution in [-0.4, -0.2) is 30.5 Å². The summed E-state index contributed by atoms with van der Waals surface area (Å²) in [6.07, 6.45) is 2.44. The van der Waals surface area contributed by atoms with Gasteiger partial charge in [0.1, 0.15) is 5.82 Å². The average molecular weight is 459 g/mol. The van der Waals surface area contributed by atoms with Crippen molar-refractivity contribution in [1.29, 1.82) is 0 Å². The largest absolute Gasteiger partial charge is 0.490 e. The molecule has 1 heterocycles. The molecule has 176 valence electrons. The fourth-order valence-corrected chi connectivity index (χ4v) is 3.59. The van der Waals surface area contributed by atoms with Gasteiger partial charge in [-0.2, -0.15) is 0 Å². The van der Waals surface area contributed by atoms with E-state index >= 15 is 0 Å². The van der Waals surface area contributed by atoms with Crippen molar-refractivity contribution in [2.75, 3.05) is 20.3 Å². The summed E-state index contributed by atoms with van der Waals surface area (Å²) < 4.78 is 33.3. The molecule has 0 saturated carbocycles. The number of aryl methyl sites for hydroxylation is 1. The number of hydrogen-bond acceptors (Lipinski definition) is 3. The van der Waals surface area contributed by atoms with Crippen molar-refractivity contribution in [1.82, 2.24) is 0 Å². The third kappa shape index (κ3) is 7.74. The van der Waals surface area contributed by atoms with Gasteiger partial charge in [0, 0.05) is 29.0 Å². The summed E-state index contributed by atoms with van der Waals surface area (Å²) in [5, 5.41) is 17.7. The van der Waals surface area contributed by atoms with Gasteiger partial charge in [-0.05, 0) is 37.6 Å². The van der Waals surface area contributed by atoms with E-state index in [-0.39, 0.29) is 23.8 Å². The summed E-state index contributed by atoms with van der Waals surface area (Å²) in [5.74, 6) is -1.12. The van der Waals surface area contributed by atoms with Crippen LogP contribution in [0.25, 0.3) is 0 Å². The van der Waals surface area contributed by atoms with Gasteiger partial charge in [-0.25, -0.2) is 8.78 Å². The zero-order valence-corrected chi connectivity index (χ0v) is 20.3. The highest BCUT2D eigenvalue weighted by molar-refractivity contribution is 6.30. The predicted octanol–water partition coefficient (Wildman–Crippen LogP) is 6.70. The van der Waals surface area contributed by atoms with Crippen molar-refractivity contribution in [2.45, 2.75) is 59.3 Å². The minimum absolute atomic E-state index is 0.0248. The van der Waals surface area contributed by atoms with E-state index in [9.17, 15) is 13.9 Å². The Morgan fingerprint density at radius 1 is 1.06 bits per heavy atom. The van der Waals surface area contributed by atoms with Gasteiger partial charge in [-0.1, -0.05) is 69.8 Å². The Kier molecular flexibility index (Phi) is 14.3. The fraction of sp³-hybridized carbons (Fsp3) is 0.520. The molecule has 0 aromatic heterocycles. The minimum atomic E-state index is -0.740. The smallest absolute Gasteiger partial charge is 0.165 e. The Morgan fingerprint density at radius 2 is 1.61 bits per heavy atom. The predicted molar refractivity (Wildman–Crippen MR) is 125 cm³/mol. The number of unbranched alkanes of at least 4 members (excludes halogenated alkanes) is 1. The number of benzene rings is 2. The van der Waals surface area contributed by atoms with Crippen LogP contribution in [-0.2, 0) is 5.41 Å². The van der Waals surface area contributed by atoms with Crippen molar-refractivity contribution in [3.05, 3.63) is 64.2 Å². The van der Waals surface area contributed by atoms with E-state index in [1.807, 2.05) is 58.9 Å². The second-order valence-electron chi connectivity index (χ2n) is 7.16. The highest BCUT2D eigenvalue weighted by atomic mass is 35.5. The van der Waals surface area contributed by atoms with Gasteiger partial charge in [0.2, 0.25) is 0 Å². The van der Waals surface area contributed by atoms with Crippen molar-refractivity contribution in [3.63, 3.8) is 0 Å². The number of aliphatic hydroxyl groups is 2. The van der Waals surface area contributed by atoms with Gasteiger partial charge >= 0.3 is 0 Å². The summed E-state index contributed by atoms with van der Waals surface area (Å²) >= 11 is 5.61. The topological polar surface area (TPSA) is 49.7 Å². The molecule has 2 N–H and O–H groups in total. The molecule has 0 radical (unpaired) electrons. The molecular weight excluding hydrogens is 422 g/mol. The highest BCUT2D eigenvalue weighted by Crippen LogP contribution is 2.47. The highest BCUT2D eigenvalue weighted by Gasteiger charge is 2.45. The first-order valence-corrected chi connectivity index (χ1v) is 11.1. The molecule has 1 aliphatic rings. The Labute approximate surface area is 191 Å². The lowest BCUT2D eigenvalue weighted by atomic mass is 9.67. The Hall–Kier alpha value is -1.69. The molecule has 2 aromatic carbocycles. The molecule has 0 fully saturated rings. The van der Waals surface area contributed by atoms with Gasteiger partial charge in [0.15, 0.2) is 11.6 Å². The van der Waals surface area contributed by atoms with Crippen LogP contribution in [0.4, 0.5) is 8.78 Å². The second kappa shape index (κ2) is 15.2. The zero-order valence-electron chi connectivity index (χ0n) is 19.5. The quantitative estimate of drug-likeness (QED) is 0.536. The molecule has 0 spiro atoms. The maximum Gasteiger partial charge on any atom is 0.165 e. The summed E-state index contributed by atoms with van der Waals surface area (Å²) in [6, 6.07) is 9.94. The third-order valence-corrected chi connectivity index (χ3v) is 5.50. The number of hydrogen-bond donors (Lipinski definition) is 2. The molecular formula is C25H37ClF2O3. The van der Waals surface area contributed by atoms with E-state index in [4.69, 9.17) is 21.4 Å². The maximum absolute atomic E-state index is 14.2. The summed E-state index contributed by atoms with van der Waals surface area (Å²) in [6.45, 7) is 10.1. The molecule has 2 atom stereocenters. The lowest BCUT2D eigenvalue weighted by molar-refractivity contribution is 0.0662. The van der Waals surface area contributed by atoms with Crippen molar-refractivity contribution in [3.8, 4) is 5.75 Å².